The van der Waals surface area contributed by atoms with E-state index in [0.29, 0.717) is 0 Å². The van der Waals surface area contributed by atoms with Crippen LogP contribution >= 0.6 is 0 Å². The van der Waals surface area contributed by atoms with Crippen LogP contribution in [0.5, 0.6) is 23.0 Å². The van der Waals surface area contributed by atoms with E-state index in [-0.39, 0.29) is 6.71 Å². The molecule has 262 valence electrons. The van der Waals surface area contributed by atoms with Crippen molar-refractivity contribution in [3.63, 3.8) is 0 Å². The van der Waals surface area contributed by atoms with Gasteiger partial charge in [0, 0.05) is 50.8 Å². The maximum atomic E-state index is 7.18. The van der Waals surface area contributed by atoms with Gasteiger partial charge in [0.2, 0.25) is 0 Å². The molecular formula is C49H37BN2O2Si. The van der Waals surface area contributed by atoms with E-state index in [1.165, 1.54) is 32.3 Å². The molecule has 0 unspecified atom stereocenters. The number of hydrogen-bond acceptors (Lipinski definition) is 3. The Kier molecular flexibility index (Phi) is 6.98. The summed E-state index contributed by atoms with van der Waals surface area (Å²) in [5, 5.41) is 6.07. The van der Waals surface area contributed by atoms with Gasteiger partial charge in [-0.25, -0.2) is 0 Å². The number of anilines is 3. The highest BCUT2D eigenvalue weighted by atomic mass is 28.3. The molecule has 11 rings (SSSR count). The van der Waals surface area contributed by atoms with Gasteiger partial charge in [0.25, 0.3) is 6.71 Å². The average molecular weight is 725 g/mol. The van der Waals surface area contributed by atoms with Gasteiger partial charge in [-0.3, -0.25) is 0 Å². The molecule has 55 heavy (non-hydrogen) atoms. The molecule has 3 heterocycles. The molecule has 0 amide bonds. The zero-order valence-corrected chi connectivity index (χ0v) is 32.0. The first-order valence-corrected chi connectivity index (χ1v) is 22.5. The summed E-state index contributed by atoms with van der Waals surface area (Å²) in [4.78, 5) is 2.35. The van der Waals surface area contributed by atoms with Crippen molar-refractivity contribution in [2.45, 2.75) is 19.6 Å². The third kappa shape index (κ3) is 4.91. The molecule has 0 radical (unpaired) electrons. The standard InChI is InChI=1S/C49H37BN2O2Si/c1-55(2,3)35-27-45-49-46(28-35)54-47-31-42(51(32-17-7-4-8-18-32)33-19-9-5-10-20-33)36-23-13-14-25-38(36)48(47)50(49)40-29-39-37-24-15-16-26-41(37)52(34-21-11-6-12-22-34)43(39)30-44(40)53-45/h4-31H,1-3H3. The molecule has 1 aromatic heterocycles. The van der Waals surface area contributed by atoms with Crippen molar-refractivity contribution in [1.82, 2.24) is 4.57 Å². The second-order valence-electron chi connectivity index (χ2n) is 15.7. The van der Waals surface area contributed by atoms with Crippen molar-refractivity contribution < 1.29 is 9.47 Å². The largest absolute Gasteiger partial charge is 0.458 e. The van der Waals surface area contributed by atoms with Gasteiger partial charge in [0.1, 0.15) is 23.0 Å². The van der Waals surface area contributed by atoms with E-state index in [2.05, 4.69) is 199 Å². The Morgan fingerprint density at radius 3 is 1.67 bits per heavy atom. The summed E-state index contributed by atoms with van der Waals surface area (Å²) < 4.78 is 16.6. The zero-order chi connectivity index (χ0) is 36.8. The highest BCUT2D eigenvalue weighted by Gasteiger charge is 2.43. The molecule has 0 fully saturated rings. The molecule has 0 N–H and O–H groups in total. The number of ether oxygens (including phenoxy) is 2. The quantitative estimate of drug-likeness (QED) is 0.165. The number of nitrogens with zero attached hydrogens (tertiary/aromatic N) is 2. The Hall–Kier alpha value is -6.50. The average Bonchev–Trinajstić information content (AvgIpc) is 3.53. The third-order valence-corrected chi connectivity index (χ3v) is 13.4. The summed E-state index contributed by atoms with van der Waals surface area (Å²) in [6.45, 7) is 7.06. The van der Waals surface area contributed by atoms with Crippen LogP contribution in [0.15, 0.2) is 170 Å². The number of hydrogen-bond donors (Lipinski definition) is 0. The van der Waals surface area contributed by atoms with Crippen LogP contribution in [0.1, 0.15) is 0 Å². The van der Waals surface area contributed by atoms with E-state index in [9.17, 15) is 0 Å². The summed E-state index contributed by atoms with van der Waals surface area (Å²) in [5.41, 5.74) is 10.1. The fourth-order valence-electron chi connectivity index (χ4n) is 8.86. The van der Waals surface area contributed by atoms with Gasteiger partial charge < -0.3 is 18.9 Å². The Morgan fingerprint density at radius 1 is 0.473 bits per heavy atom. The zero-order valence-electron chi connectivity index (χ0n) is 31.0. The molecule has 0 saturated carbocycles. The van der Waals surface area contributed by atoms with Crippen molar-refractivity contribution in [3.8, 4) is 28.7 Å². The first kappa shape index (κ1) is 32.0. The third-order valence-electron chi connectivity index (χ3n) is 11.4. The normalized spacial score (nSPS) is 12.9. The molecule has 0 spiro atoms. The number of fused-ring (bicyclic) bond motifs is 9. The number of para-hydroxylation sites is 4. The first-order chi connectivity index (χ1) is 26.9. The Morgan fingerprint density at radius 2 is 1.02 bits per heavy atom. The predicted octanol–water partition coefficient (Wildman–Crippen LogP) is 10.7. The monoisotopic (exact) mass is 724 g/mol. The Balaban J connectivity index is 1.22. The Bertz CT molecular complexity index is 2930. The van der Waals surface area contributed by atoms with E-state index < -0.39 is 8.07 Å². The molecule has 4 nitrogen and oxygen atoms in total. The molecule has 0 bridgehead atoms. The number of benzene rings is 8. The van der Waals surface area contributed by atoms with Crippen LogP contribution in [0.4, 0.5) is 17.1 Å². The summed E-state index contributed by atoms with van der Waals surface area (Å²) in [6.07, 6.45) is 0. The molecule has 2 aliphatic rings. The van der Waals surface area contributed by atoms with Gasteiger partial charge in [-0.15, -0.1) is 0 Å². The van der Waals surface area contributed by atoms with Crippen molar-refractivity contribution in [2.24, 2.45) is 0 Å². The SMILES string of the molecule is C[Si](C)(C)c1cc2c3c(c1)Oc1cc(N(c4ccccc4)c4ccccc4)c4ccccc4c1B3c1cc3c4ccccc4n(-c4ccccc4)c3cc1O2. The molecular weight excluding hydrogens is 687 g/mol. The number of aromatic nitrogens is 1. The van der Waals surface area contributed by atoms with E-state index in [1.807, 2.05) is 0 Å². The van der Waals surface area contributed by atoms with Crippen LogP contribution in [-0.2, 0) is 0 Å². The highest BCUT2D eigenvalue weighted by Crippen LogP contribution is 2.44. The smallest absolute Gasteiger partial charge is 0.261 e. The minimum atomic E-state index is -1.77. The van der Waals surface area contributed by atoms with E-state index in [1.54, 1.807) is 0 Å². The lowest BCUT2D eigenvalue weighted by Gasteiger charge is -2.36. The predicted molar refractivity (Wildman–Crippen MR) is 234 cm³/mol. The van der Waals surface area contributed by atoms with Crippen LogP contribution < -0.4 is 35.9 Å². The summed E-state index contributed by atoms with van der Waals surface area (Å²) in [7, 11) is -1.77. The van der Waals surface area contributed by atoms with Gasteiger partial charge in [-0.1, -0.05) is 128 Å². The van der Waals surface area contributed by atoms with Crippen molar-refractivity contribution in [3.05, 3.63) is 170 Å². The minimum absolute atomic E-state index is 0.0997. The number of rotatable bonds is 5. The van der Waals surface area contributed by atoms with Crippen LogP contribution in [0.2, 0.25) is 19.6 Å². The van der Waals surface area contributed by atoms with Gasteiger partial charge in [-0.05, 0) is 70.9 Å². The highest BCUT2D eigenvalue weighted by molar-refractivity contribution is 7.00. The van der Waals surface area contributed by atoms with Crippen molar-refractivity contribution >= 4 is 86.0 Å². The molecule has 8 aromatic carbocycles. The van der Waals surface area contributed by atoms with E-state index in [0.717, 1.165) is 67.6 Å². The second-order valence-corrected chi connectivity index (χ2v) is 20.8. The first-order valence-electron chi connectivity index (χ1n) is 19.0. The molecule has 0 saturated heterocycles. The van der Waals surface area contributed by atoms with E-state index >= 15 is 0 Å². The van der Waals surface area contributed by atoms with E-state index in [4.69, 9.17) is 9.47 Å². The lowest BCUT2D eigenvalue weighted by atomic mass is 9.34. The van der Waals surface area contributed by atoms with Gasteiger partial charge in [0.15, 0.2) is 0 Å². The van der Waals surface area contributed by atoms with Crippen molar-refractivity contribution in [1.29, 1.82) is 0 Å². The van der Waals surface area contributed by atoms with Crippen LogP contribution in [0.3, 0.4) is 0 Å². The summed E-state index contributed by atoms with van der Waals surface area (Å²) in [6, 6.07) is 61.0. The fraction of sp³-hybridized carbons (Fsp3) is 0.0612. The molecule has 9 aromatic rings. The summed E-state index contributed by atoms with van der Waals surface area (Å²) >= 11 is 0. The van der Waals surface area contributed by atoms with Crippen molar-refractivity contribution in [2.75, 3.05) is 4.90 Å². The van der Waals surface area contributed by atoms with Crippen LogP contribution in [0.25, 0.3) is 38.3 Å². The van der Waals surface area contributed by atoms with Crippen LogP contribution in [0, 0.1) is 0 Å². The maximum absolute atomic E-state index is 7.18. The van der Waals surface area contributed by atoms with Crippen LogP contribution in [-0.4, -0.2) is 19.4 Å². The Labute approximate surface area is 321 Å². The molecule has 2 aliphatic heterocycles. The van der Waals surface area contributed by atoms with Gasteiger partial charge in [-0.2, -0.15) is 0 Å². The van der Waals surface area contributed by atoms with Gasteiger partial charge >= 0.3 is 0 Å². The lowest BCUT2D eigenvalue weighted by molar-refractivity contribution is 0.466. The lowest BCUT2D eigenvalue weighted by Crippen LogP contribution is -2.58. The molecule has 0 aliphatic carbocycles. The minimum Gasteiger partial charge on any atom is -0.458 e. The maximum Gasteiger partial charge on any atom is 0.261 e. The molecule has 6 heteroatoms. The second kappa shape index (κ2) is 12.0. The topological polar surface area (TPSA) is 26.6 Å². The molecule has 0 atom stereocenters. The summed E-state index contributed by atoms with van der Waals surface area (Å²) in [5.74, 6) is 3.54. The van der Waals surface area contributed by atoms with Gasteiger partial charge in [0.05, 0.1) is 24.8 Å². The fourth-order valence-corrected chi connectivity index (χ4v) is 9.99.